The van der Waals surface area contributed by atoms with Crippen molar-refractivity contribution in [2.45, 2.75) is 31.7 Å². The first-order chi connectivity index (χ1) is 12.7. The number of ketones is 1. The summed E-state index contributed by atoms with van der Waals surface area (Å²) in [6.45, 7) is 0.505. The molecule has 4 rings (SSSR count). The number of hydrogen-bond donors (Lipinski definition) is 1. The number of ether oxygens (including phenoxy) is 1. The lowest BCUT2D eigenvalue weighted by Gasteiger charge is -2.23. The second-order valence-electron chi connectivity index (χ2n) is 6.70. The fraction of sp³-hybridized carbons (Fsp3) is 0.273. The molecule has 0 bridgehead atoms. The number of benzene rings is 2. The highest BCUT2D eigenvalue weighted by Gasteiger charge is 2.27. The maximum absolute atomic E-state index is 12.6. The highest BCUT2D eigenvalue weighted by atomic mass is 16.5. The molecule has 0 spiro atoms. The second-order valence-corrected chi connectivity index (χ2v) is 6.70. The Bertz CT molecular complexity index is 938. The van der Waals surface area contributed by atoms with Gasteiger partial charge in [0.15, 0.2) is 5.78 Å². The average Bonchev–Trinajstić information content (AvgIpc) is 2.67. The van der Waals surface area contributed by atoms with Gasteiger partial charge in [0, 0.05) is 29.8 Å². The molecule has 0 saturated heterocycles. The molecule has 132 valence electrons. The predicted octanol–water partition coefficient (Wildman–Crippen LogP) is 4.22. The molecular formula is C22H22N2O2. The number of fused-ring (bicyclic) bond motifs is 2. The topological polar surface area (TPSA) is 65.2 Å². The smallest absolute Gasteiger partial charge is 0.165 e. The first-order valence-electron chi connectivity index (χ1n) is 9.12. The van der Waals surface area contributed by atoms with Crippen LogP contribution in [0.25, 0.3) is 10.9 Å². The van der Waals surface area contributed by atoms with Crippen molar-refractivity contribution in [1.29, 1.82) is 0 Å². The molecule has 1 unspecified atom stereocenters. The van der Waals surface area contributed by atoms with E-state index < -0.39 is 0 Å². The molecule has 1 heterocycles. The van der Waals surface area contributed by atoms with Gasteiger partial charge in [-0.25, -0.2) is 0 Å². The van der Waals surface area contributed by atoms with E-state index in [1.165, 1.54) is 0 Å². The van der Waals surface area contributed by atoms with E-state index in [9.17, 15) is 4.79 Å². The standard InChI is InChI=1S/C22H22N2O2/c23-17(13-14-26-15-7-2-1-3-8-15)21-16-9-4-5-10-18(16)24-19-11-6-12-20(25)22(19)21/h1-5,7-10,17H,6,11-14,23H2. The Morgan fingerprint density at radius 2 is 1.81 bits per heavy atom. The van der Waals surface area contributed by atoms with Crippen LogP contribution in [0.15, 0.2) is 54.6 Å². The molecule has 0 saturated carbocycles. The van der Waals surface area contributed by atoms with Crippen LogP contribution in [-0.4, -0.2) is 17.4 Å². The van der Waals surface area contributed by atoms with Crippen LogP contribution >= 0.6 is 0 Å². The Balaban J connectivity index is 1.65. The van der Waals surface area contributed by atoms with Crippen molar-refractivity contribution in [3.63, 3.8) is 0 Å². The van der Waals surface area contributed by atoms with Crippen molar-refractivity contribution in [1.82, 2.24) is 4.98 Å². The third kappa shape index (κ3) is 3.20. The number of nitrogens with zero attached hydrogens (tertiary/aromatic N) is 1. The molecule has 0 radical (unpaired) electrons. The monoisotopic (exact) mass is 346 g/mol. The van der Waals surface area contributed by atoms with Gasteiger partial charge in [0.1, 0.15) is 5.75 Å². The van der Waals surface area contributed by atoms with E-state index >= 15 is 0 Å². The summed E-state index contributed by atoms with van der Waals surface area (Å²) < 4.78 is 5.80. The van der Waals surface area contributed by atoms with Crippen LogP contribution < -0.4 is 10.5 Å². The van der Waals surface area contributed by atoms with Gasteiger partial charge in [-0.3, -0.25) is 9.78 Å². The molecule has 3 aromatic rings. The Labute approximate surface area is 153 Å². The molecule has 1 aliphatic carbocycles. The van der Waals surface area contributed by atoms with E-state index in [0.29, 0.717) is 19.4 Å². The van der Waals surface area contributed by atoms with Gasteiger partial charge in [0.25, 0.3) is 0 Å². The maximum Gasteiger partial charge on any atom is 0.165 e. The SMILES string of the molecule is NC(CCOc1ccccc1)c1c2c(nc3ccccc13)CCCC2=O. The lowest BCUT2D eigenvalue weighted by molar-refractivity contribution is 0.0970. The van der Waals surface area contributed by atoms with Gasteiger partial charge >= 0.3 is 0 Å². The van der Waals surface area contributed by atoms with E-state index in [1.807, 2.05) is 54.6 Å². The molecule has 2 N–H and O–H groups in total. The summed E-state index contributed by atoms with van der Waals surface area (Å²) in [6.07, 6.45) is 2.92. The van der Waals surface area contributed by atoms with E-state index in [0.717, 1.165) is 46.3 Å². The molecule has 1 atom stereocenters. The zero-order valence-electron chi connectivity index (χ0n) is 14.7. The highest BCUT2D eigenvalue weighted by Crippen LogP contribution is 2.33. The molecule has 26 heavy (non-hydrogen) atoms. The summed E-state index contributed by atoms with van der Waals surface area (Å²) in [4.78, 5) is 17.4. The number of nitrogens with two attached hydrogens (primary N) is 1. The minimum Gasteiger partial charge on any atom is -0.494 e. The van der Waals surface area contributed by atoms with Crippen molar-refractivity contribution in [3.8, 4) is 5.75 Å². The molecule has 0 fully saturated rings. The van der Waals surface area contributed by atoms with Crippen LogP contribution in [0.3, 0.4) is 0 Å². The first kappa shape index (κ1) is 16.7. The van der Waals surface area contributed by atoms with Gasteiger partial charge in [-0.1, -0.05) is 36.4 Å². The summed E-state index contributed by atoms with van der Waals surface area (Å²) in [5.74, 6) is 0.997. The third-order valence-electron chi connectivity index (χ3n) is 4.92. The van der Waals surface area contributed by atoms with Gasteiger partial charge in [0.05, 0.1) is 17.8 Å². The highest BCUT2D eigenvalue weighted by molar-refractivity contribution is 6.03. The maximum atomic E-state index is 12.6. The molecule has 0 aliphatic heterocycles. The van der Waals surface area contributed by atoms with Crippen molar-refractivity contribution >= 4 is 16.7 Å². The largest absolute Gasteiger partial charge is 0.494 e. The Hall–Kier alpha value is -2.72. The van der Waals surface area contributed by atoms with Crippen LogP contribution in [0.5, 0.6) is 5.75 Å². The normalized spacial score (nSPS) is 14.9. The quantitative estimate of drug-likeness (QED) is 0.751. The third-order valence-corrected chi connectivity index (χ3v) is 4.92. The number of rotatable bonds is 5. The summed E-state index contributed by atoms with van der Waals surface area (Å²) >= 11 is 0. The molecular weight excluding hydrogens is 324 g/mol. The minimum absolute atomic E-state index is 0.166. The van der Waals surface area contributed by atoms with Crippen LogP contribution in [0.2, 0.25) is 0 Å². The number of para-hydroxylation sites is 2. The number of aryl methyl sites for hydroxylation is 1. The second kappa shape index (κ2) is 7.26. The fourth-order valence-corrected chi connectivity index (χ4v) is 3.67. The Morgan fingerprint density at radius 1 is 1.04 bits per heavy atom. The van der Waals surface area contributed by atoms with Crippen molar-refractivity contribution in [2.24, 2.45) is 5.73 Å². The van der Waals surface area contributed by atoms with Crippen LogP contribution in [0.4, 0.5) is 0 Å². The van der Waals surface area contributed by atoms with E-state index in [2.05, 4.69) is 0 Å². The molecule has 2 aromatic carbocycles. The van der Waals surface area contributed by atoms with E-state index in [4.69, 9.17) is 15.5 Å². The van der Waals surface area contributed by atoms with Gasteiger partial charge in [-0.05, 0) is 36.6 Å². The predicted molar refractivity (Wildman–Crippen MR) is 102 cm³/mol. The van der Waals surface area contributed by atoms with Gasteiger partial charge in [-0.15, -0.1) is 0 Å². The summed E-state index contributed by atoms with van der Waals surface area (Å²) in [6, 6.07) is 17.4. The average molecular weight is 346 g/mol. The summed E-state index contributed by atoms with van der Waals surface area (Å²) in [5, 5.41) is 0.980. The number of carbonyl (C=O) groups excluding carboxylic acids is 1. The van der Waals surface area contributed by atoms with Gasteiger partial charge < -0.3 is 10.5 Å². The van der Waals surface area contributed by atoms with Crippen LogP contribution in [0, 0.1) is 0 Å². The van der Waals surface area contributed by atoms with E-state index in [1.54, 1.807) is 0 Å². The van der Waals surface area contributed by atoms with Gasteiger partial charge in [-0.2, -0.15) is 0 Å². The van der Waals surface area contributed by atoms with Crippen molar-refractivity contribution < 1.29 is 9.53 Å². The van der Waals surface area contributed by atoms with Crippen molar-refractivity contribution in [3.05, 3.63) is 71.4 Å². The molecule has 1 aliphatic rings. The lowest BCUT2D eigenvalue weighted by atomic mass is 9.85. The number of Topliss-reactive ketones (excluding diaryl/α,β-unsaturated/α-hetero) is 1. The zero-order valence-corrected chi connectivity index (χ0v) is 14.7. The van der Waals surface area contributed by atoms with Crippen LogP contribution in [0.1, 0.15) is 46.9 Å². The number of hydrogen-bond acceptors (Lipinski definition) is 4. The van der Waals surface area contributed by atoms with Crippen LogP contribution in [-0.2, 0) is 6.42 Å². The lowest BCUT2D eigenvalue weighted by Crippen LogP contribution is -2.22. The first-order valence-corrected chi connectivity index (χ1v) is 9.12. The van der Waals surface area contributed by atoms with Crippen molar-refractivity contribution in [2.75, 3.05) is 6.61 Å². The molecule has 0 amide bonds. The number of carbonyl (C=O) groups is 1. The Kier molecular flexibility index (Phi) is 4.67. The fourth-order valence-electron chi connectivity index (χ4n) is 3.67. The molecule has 4 heteroatoms. The minimum atomic E-state index is -0.262. The number of aromatic nitrogens is 1. The van der Waals surface area contributed by atoms with E-state index in [-0.39, 0.29) is 11.8 Å². The Morgan fingerprint density at radius 3 is 2.65 bits per heavy atom. The summed E-state index contributed by atoms with van der Waals surface area (Å²) in [7, 11) is 0. The zero-order chi connectivity index (χ0) is 17.9. The van der Waals surface area contributed by atoms with Gasteiger partial charge in [0.2, 0.25) is 0 Å². The number of pyridine rings is 1. The summed E-state index contributed by atoms with van der Waals surface area (Å²) in [5.41, 5.74) is 10.1. The molecule has 1 aromatic heterocycles. The molecule has 4 nitrogen and oxygen atoms in total.